The van der Waals surface area contributed by atoms with Crippen molar-refractivity contribution in [1.82, 2.24) is 9.97 Å². The number of aryl methyl sites for hydroxylation is 3. The Morgan fingerprint density at radius 3 is 2.58 bits per heavy atom. The molecule has 0 aliphatic heterocycles. The fourth-order valence-corrected chi connectivity index (χ4v) is 6.05. The van der Waals surface area contributed by atoms with Gasteiger partial charge in [0.05, 0.1) is 28.1 Å². The highest BCUT2D eigenvalue weighted by Gasteiger charge is 2.31. The quantitative estimate of drug-likeness (QED) is 0.375. The summed E-state index contributed by atoms with van der Waals surface area (Å²) >= 11 is 14.5. The fraction of sp³-hybridized carbons (Fsp3) is 0.440. The maximum absolute atomic E-state index is 6.51. The number of thiophene rings is 1. The van der Waals surface area contributed by atoms with Crippen LogP contribution in [0.25, 0.3) is 11.3 Å². The fourth-order valence-electron chi connectivity index (χ4n) is 4.60. The molecule has 3 nitrogen and oxygen atoms in total. The van der Waals surface area contributed by atoms with Gasteiger partial charge in [0.1, 0.15) is 5.82 Å². The number of aromatic nitrogens is 2. The Kier molecular flexibility index (Phi) is 7.20. The van der Waals surface area contributed by atoms with E-state index >= 15 is 0 Å². The number of hydrogen-bond donors (Lipinski definition) is 1. The molecule has 4 rings (SSSR count). The number of hydrogen-bond acceptors (Lipinski definition) is 4. The highest BCUT2D eigenvalue weighted by Crippen LogP contribution is 2.42. The zero-order valence-electron chi connectivity index (χ0n) is 18.3. The third kappa shape index (κ3) is 4.62. The van der Waals surface area contributed by atoms with Crippen LogP contribution in [0, 0.1) is 5.92 Å². The predicted octanol–water partition coefficient (Wildman–Crippen LogP) is 8.15. The number of nitrogens with one attached hydrogen (secondary N) is 1. The summed E-state index contributed by atoms with van der Waals surface area (Å²) in [5.41, 5.74) is 5.13. The van der Waals surface area contributed by atoms with E-state index in [1.807, 2.05) is 23.5 Å². The van der Waals surface area contributed by atoms with E-state index in [1.165, 1.54) is 36.1 Å². The van der Waals surface area contributed by atoms with Crippen molar-refractivity contribution in [3.63, 3.8) is 0 Å². The van der Waals surface area contributed by atoms with Crippen LogP contribution in [0.3, 0.4) is 0 Å². The molecule has 0 fully saturated rings. The monoisotopic (exact) mass is 473 g/mol. The van der Waals surface area contributed by atoms with Crippen molar-refractivity contribution in [3.8, 4) is 11.3 Å². The second kappa shape index (κ2) is 9.89. The van der Waals surface area contributed by atoms with E-state index in [1.54, 1.807) is 6.07 Å². The number of fused-ring (bicyclic) bond motifs is 1. The maximum Gasteiger partial charge on any atom is 0.148 e. The van der Waals surface area contributed by atoms with Crippen LogP contribution in [0.2, 0.25) is 10.0 Å². The van der Waals surface area contributed by atoms with Crippen LogP contribution in [0.15, 0.2) is 29.6 Å². The maximum atomic E-state index is 6.51. The molecule has 31 heavy (non-hydrogen) atoms. The molecule has 0 saturated heterocycles. The Morgan fingerprint density at radius 1 is 1.06 bits per heavy atom. The first-order valence-electron chi connectivity index (χ1n) is 11.2. The van der Waals surface area contributed by atoms with Gasteiger partial charge < -0.3 is 5.32 Å². The van der Waals surface area contributed by atoms with Crippen molar-refractivity contribution in [2.75, 3.05) is 5.32 Å². The number of rotatable bonds is 7. The Morgan fingerprint density at radius 2 is 1.87 bits per heavy atom. The molecule has 1 N–H and O–H groups in total. The third-order valence-electron chi connectivity index (χ3n) is 6.18. The van der Waals surface area contributed by atoms with E-state index in [4.69, 9.17) is 33.2 Å². The molecule has 0 spiro atoms. The smallest absolute Gasteiger partial charge is 0.148 e. The summed E-state index contributed by atoms with van der Waals surface area (Å²) in [7, 11) is 0. The minimum absolute atomic E-state index is 0.296. The Hall–Kier alpha value is -1.62. The predicted molar refractivity (Wildman–Crippen MR) is 134 cm³/mol. The first-order chi connectivity index (χ1) is 15.0. The summed E-state index contributed by atoms with van der Waals surface area (Å²) in [5.74, 6) is 1.53. The molecule has 2 heterocycles. The van der Waals surface area contributed by atoms with Crippen molar-refractivity contribution >= 4 is 40.4 Å². The van der Waals surface area contributed by atoms with E-state index in [2.05, 4.69) is 37.5 Å². The van der Waals surface area contributed by atoms with Gasteiger partial charge >= 0.3 is 0 Å². The molecule has 164 valence electrons. The van der Waals surface area contributed by atoms with Crippen molar-refractivity contribution in [2.45, 2.75) is 65.3 Å². The molecule has 1 aromatic carbocycles. The van der Waals surface area contributed by atoms with E-state index < -0.39 is 0 Å². The van der Waals surface area contributed by atoms with Gasteiger partial charge in [-0.15, -0.1) is 11.3 Å². The molecular weight excluding hydrogens is 445 g/mol. The number of nitrogens with zero attached hydrogens (tertiary/aromatic N) is 2. The van der Waals surface area contributed by atoms with Crippen molar-refractivity contribution in [2.24, 2.45) is 5.92 Å². The summed E-state index contributed by atoms with van der Waals surface area (Å²) in [4.78, 5) is 11.6. The largest absolute Gasteiger partial charge is 0.361 e. The standard InChI is InChI=1S/C25H29Cl2N3S/c1-4-7-15-8-11-22-18(12-13-31-22)23(15)30-25-21(6-3)28-24(20(5-2)29-25)17-10-9-16(26)14-19(17)27/h9-10,12-15,23H,4-8,11H2,1-3H3,(H,29,30)/t15-,23-/m1/s1. The van der Waals surface area contributed by atoms with Gasteiger partial charge in [0.25, 0.3) is 0 Å². The van der Waals surface area contributed by atoms with Crippen LogP contribution in [-0.4, -0.2) is 9.97 Å². The molecule has 2 aromatic heterocycles. The minimum Gasteiger partial charge on any atom is -0.361 e. The van der Waals surface area contributed by atoms with Crippen LogP contribution in [0.4, 0.5) is 5.82 Å². The molecule has 2 atom stereocenters. The first-order valence-corrected chi connectivity index (χ1v) is 12.9. The molecule has 0 radical (unpaired) electrons. The average Bonchev–Trinajstić information content (AvgIpc) is 3.24. The van der Waals surface area contributed by atoms with Crippen LogP contribution >= 0.6 is 34.5 Å². The van der Waals surface area contributed by atoms with E-state index in [-0.39, 0.29) is 0 Å². The molecule has 3 aromatic rings. The van der Waals surface area contributed by atoms with Gasteiger partial charge in [0.2, 0.25) is 0 Å². The van der Waals surface area contributed by atoms with Crippen LogP contribution in [0.1, 0.15) is 67.9 Å². The Bertz CT molecular complexity index is 1060. The summed E-state index contributed by atoms with van der Waals surface area (Å²) in [6.45, 7) is 6.52. The summed E-state index contributed by atoms with van der Waals surface area (Å²) in [6, 6.07) is 8.16. The van der Waals surface area contributed by atoms with E-state index in [0.29, 0.717) is 22.0 Å². The SMILES string of the molecule is CCC[C@@H]1CCc2sccc2[C@@H]1Nc1nc(CC)c(-c2ccc(Cl)cc2Cl)nc1CC. The second-order valence-corrected chi connectivity index (χ2v) is 10.00. The highest BCUT2D eigenvalue weighted by atomic mass is 35.5. The zero-order valence-corrected chi connectivity index (χ0v) is 20.7. The van der Waals surface area contributed by atoms with E-state index in [9.17, 15) is 0 Å². The topological polar surface area (TPSA) is 37.8 Å². The van der Waals surface area contributed by atoms with Gasteiger partial charge in [0.15, 0.2) is 0 Å². The first kappa shape index (κ1) is 22.6. The van der Waals surface area contributed by atoms with Gasteiger partial charge in [-0.05, 0) is 73.2 Å². The molecule has 0 unspecified atom stereocenters. The van der Waals surface area contributed by atoms with Crippen molar-refractivity contribution < 1.29 is 0 Å². The second-order valence-electron chi connectivity index (χ2n) is 8.15. The van der Waals surface area contributed by atoms with Gasteiger partial charge in [-0.3, -0.25) is 0 Å². The van der Waals surface area contributed by atoms with Gasteiger partial charge in [-0.1, -0.05) is 50.4 Å². The Labute approximate surface area is 199 Å². The Balaban J connectivity index is 1.75. The average molecular weight is 475 g/mol. The summed E-state index contributed by atoms with van der Waals surface area (Å²) < 4.78 is 0. The lowest BCUT2D eigenvalue weighted by molar-refractivity contribution is 0.372. The third-order valence-corrected chi connectivity index (χ3v) is 7.72. The van der Waals surface area contributed by atoms with Gasteiger partial charge in [-0.2, -0.15) is 0 Å². The molecule has 1 aliphatic carbocycles. The van der Waals surface area contributed by atoms with Gasteiger partial charge in [-0.25, -0.2) is 9.97 Å². The van der Waals surface area contributed by atoms with Crippen LogP contribution < -0.4 is 5.32 Å². The number of halogens is 2. The number of anilines is 1. The van der Waals surface area contributed by atoms with Crippen LogP contribution in [0.5, 0.6) is 0 Å². The molecule has 1 aliphatic rings. The molecular formula is C25H29Cl2N3S. The normalized spacial score (nSPS) is 18.1. The lowest BCUT2D eigenvalue weighted by atomic mass is 9.81. The highest BCUT2D eigenvalue weighted by molar-refractivity contribution is 7.10. The molecule has 0 amide bonds. The summed E-state index contributed by atoms with van der Waals surface area (Å²) in [6.07, 6.45) is 6.43. The van der Waals surface area contributed by atoms with Crippen molar-refractivity contribution in [1.29, 1.82) is 0 Å². The minimum atomic E-state index is 0.296. The lowest BCUT2D eigenvalue weighted by Crippen LogP contribution is -2.27. The van der Waals surface area contributed by atoms with Gasteiger partial charge in [0, 0.05) is 15.5 Å². The molecule has 0 saturated carbocycles. The molecule has 0 bridgehead atoms. The zero-order chi connectivity index (χ0) is 22.0. The molecule has 6 heteroatoms. The van der Waals surface area contributed by atoms with Crippen molar-refractivity contribution in [3.05, 3.63) is 61.5 Å². The van der Waals surface area contributed by atoms with E-state index in [0.717, 1.165) is 41.3 Å². The summed E-state index contributed by atoms with van der Waals surface area (Å²) in [5, 5.41) is 7.29. The lowest BCUT2D eigenvalue weighted by Gasteiger charge is -2.33. The number of benzene rings is 1. The van der Waals surface area contributed by atoms with Crippen LogP contribution in [-0.2, 0) is 19.3 Å².